The summed E-state index contributed by atoms with van der Waals surface area (Å²) >= 11 is 0. The average Bonchev–Trinajstić information content (AvgIpc) is 2.46. The molecule has 0 saturated carbocycles. The Morgan fingerprint density at radius 3 is 2.30 bits per heavy atom. The average molecular weight is 278 g/mol. The molecule has 20 heavy (non-hydrogen) atoms. The first-order valence-corrected chi connectivity index (χ1v) is 6.54. The number of ketones is 2. The van der Waals surface area contributed by atoms with Gasteiger partial charge >= 0.3 is 5.97 Å². The quantitative estimate of drug-likeness (QED) is 0.315. The van der Waals surface area contributed by atoms with E-state index in [4.69, 9.17) is 0 Å². The Kier molecular flexibility index (Phi) is 6.59. The second-order valence-electron chi connectivity index (χ2n) is 4.22. The van der Waals surface area contributed by atoms with E-state index in [9.17, 15) is 14.4 Å². The van der Waals surface area contributed by atoms with E-state index in [0.29, 0.717) is 6.42 Å². The van der Waals surface area contributed by atoms with E-state index >= 15 is 0 Å². The summed E-state index contributed by atoms with van der Waals surface area (Å²) < 4.78 is 0. The van der Waals surface area contributed by atoms with Gasteiger partial charge < -0.3 is 0 Å². The number of hydrogen-bond donors (Lipinski definition) is 0. The molecule has 108 valence electrons. The predicted octanol–water partition coefficient (Wildman–Crippen LogP) is 2.20. The van der Waals surface area contributed by atoms with Gasteiger partial charge in [-0.2, -0.15) is 4.89 Å². The molecule has 0 saturated heterocycles. The van der Waals surface area contributed by atoms with Crippen molar-refractivity contribution in [2.45, 2.75) is 32.6 Å². The van der Waals surface area contributed by atoms with Crippen molar-refractivity contribution in [3.63, 3.8) is 0 Å². The van der Waals surface area contributed by atoms with Crippen LogP contribution in [0.2, 0.25) is 0 Å². The number of benzene rings is 1. The van der Waals surface area contributed by atoms with Crippen LogP contribution in [0.4, 0.5) is 0 Å². The predicted molar refractivity (Wildman–Crippen MR) is 71.8 cm³/mol. The maximum absolute atomic E-state index is 12.1. The van der Waals surface area contributed by atoms with Crippen LogP contribution in [0, 0.1) is 0 Å². The third-order valence-corrected chi connectivity index (χ3v) is 2.81. The van der Waals surface area contributed by atoms with E-state index in [1.807, 2.05) is 37.3 Å². The van der Waals surface area contributed by atoms with Gasteiger partial charge in [0, 0.05) is 5.92 Å². The van der Waals surface area contributed by atoms with Crippen LogP contribution in [0.25, 0.3) is 0 Å². The van der Waals surface area contributed by atoms with Gasteiger partial charge in [-0.25, -0.2) is 4.79 Å². The molecule has 0 aliphatic heterocycles. The summed E-state index contributed by atoms with van der Waals surface area (Å²) in [5, 5.41) is 0. The summed E-state index contributed by atoms with van der Waals surface area (Å²) in [4.78, 5) is 43.5. The third-order valence-electron chi connectivity index (χ3n) is 2.81. The fourth-order valence-corrected chi connectivity index (χ4v) is 1.85. The summed E-state index contributed by atoms with van der Waals surface area (Å²) in [6.07, 6.45) is 0.0932. The van der Waals surface area contributed by atoms with Crippen LogP contribution in [0.5, 0.6) is 0 Å². The van der Waals surface area contributed by atoms with Gasteiger partial charge in [-0.05, 0) is 18.9 Å². The van der Waals surface area contributed by atoms with Crippen molar-refractivity contribution >= 4 is 17.5 Å². The lowest BCUT2D eigenvalue weighted by molar-refractivity contribution is -0.266. The maximum Gasteiger partial charge on any atom is 0.408 e. The topological polar surface area (TPSA) is 69.7 Å². The Hall–Kier alpha value is -2.01. The Labute approximate surface area is 117 Å². The number of Topliss-reactive ketones (excluding diaryl/α,β-unsaturated/α-hetero) is 2. The Bertz CT molecular complexity index is 466. The van der Waals surface area contributed by atoms with Gasteiger partial charge in [0.15, 0.2) is 0 Å². The minimum absolute atomic E-state index is 0.147. The number of carbonyl (C=O) groups excluding carboxylic acids is 3. The summed E-state index contributed by atoms with van der Waals surface area (Å²) in [6.45, 7) is 3.62. The molecular weight excluding hydrogens is 260 g/mol. The molecule has 0 bridgehead atoms. The first-order chi connectivity index (χ1) is 9.60. The zero-order valence-electron chi connectivity index (χ0n) is 11.6. The molecule has 0 radical (unpaired) electrons. The molecule has 1 rings (SSSR count). The van der Waals surface area contributed by atoms with Crippen molar-refractivity contribution in [3.8, 4) is 0 Å². The van der Waals surface area contributed by atoms with Crippen LogP contribution in [0.3, 0.4) is 0 Å². The van der Waals surface area contributed by atoms with Crippen LogP contribution in [-0.2, 0) is 24.2 Å². The summed E-state index contributed by atoms with van der Waals surface area (Å²) in [6, 6.07) is 9.17. The lowest BCUT2D eigenvalue weighted by Gasteiger charge is -2.13. The van der Waals surface area contributed by atoms with Crippen LogP contribution in [-0.4, -0.2) is 24.1 Å². The molecule has 5 heteroatoms. The van der Waals surface area contributed by atoms with Crippen LogP contribution >= 0.6 is 0 Å². The zero-order valence-corrected chi connectivity index (χ0v) is 11.6. The lowest BCUT2D eigenvalue weighted by atomic mass is 9.90. The number of hydrogen-bond acceptors (Lipinski definition) is 5. The molecule has 1 unspecified atom stereocenters. The Morgan fingerprint density at radius 1 is 1.10 bits per heavy atom. The molecule has 0 aliphatic carbocycles. The molecule has 0 heterocycles. The Balaban J connectivity index is 2.64. The highest BCUT2D eigenvalue weighted by Crippen LogP contribution is 2.21. The van der Waals surface area contributed by atoms with Crippen molar-refractivity contribution in [2.75, 3.05) is 6.61 Å². The zero-order chi connectivity index (χ0) is 15.0. The van der Waals surface area contributed by atoms with Gasteiger partial charge in [0.05, 0.1) is 13.0 Å². The molecule has 1 aromatic rings. The minimum Gasteiger partial charge on any atom is -0.299 e. The number of rotatable bonds is 8. The molecule has 0 aliphatic rings. The van der Waals surface area contributed by atoms with Crippen LogP contribution in [0.1, 0.15) is 38.2 Å². The van der Waals surface area contributed by atoms with Crippen LogP contribution < -0.4 is 0 Å². The SMILES string of the molecule is CCOOC(=O)C(=O)CC(=O)C(CC)c1ccccc1. The molecule has 5 nitrogen and oxygen atoms in total. The third kappa shape index (κ3) is 4.59. The molecule has 0 aromatic heterocycles. The highest BCUT2D eigenvalue weighted by Gasteiger charge is 2.25. The largest absolute Gasteiger partial charge is 0.408 e. The fourth-order valence-electron chi connectivity index (χ4n) is 1.85. The normalized spacial score (nSPS) is 11.7. The monoisotopic (exact) mass is 278 g/mol. The van der Waals surface area contributed by atoms with E-state index in [-0.39, 0.29) is 18.3 Å². The van der Waals surface area contributed by atoms with Gasteiger partial charge in [0.1, 0.15) is 5.78 Å². The molecule has 0 amide bonds. The Morgan fingerprint density at radius 2 is 1.75 bits per heavy atom. The number of carbonyl (C=O) groups is 3. The van der Waals surface area contributed by atoms with E-state index in [1.165, 1.54) is 0 Å². The van der Waals surface area contributed by atoms with Crippen molar-refractivity contribution in [1.29, 1.82) is 0 Å². The standard InChI is InChI=1S/C15H18O5/c1-3-12(11-8-6-5-7-9-11)13(16)10-14(17)15(18)20-19-4-2/h5-9,12H,3-4,10H2,1-2H3. The summed E-state index contributed by atoms with van der Waals surface area (Å²) in [7, 11) is 0. The van der Waals surface area contributed by atoms with Crippen LogP contribution in [0.15, 0.2) is 30.3 Å². The minimum atomic E-state index is -1.14. The fraction of sp³-hybridized carbons (Fsp3) is 0.400. The van der Waals surface area contributed by atoms with Crippen molar-refractivity contribution in [1.82, 2.24) is 0 Å². The van der Waals surface area contributed by atoms with Crippen molar-refractivity contribution in [2.24, 2.45) is 0 Å². The van der Waals surface area contributed by atoms with Gasteiger partial charge in [-0.3, -0.25) is 14.5 Å². The van der Waals surface area contributed by atoms with E-state index < -0.39 is 18.2 Å². The van der Waals surface area contributed by atoms with E-state index in [0.717, 1.165) is 5.56 Å². The maximum atomic E-state index is 12.1. The van der Waals surface area contributed by atoms with Gasteiger partial charge in [0.25, 0.3) is 5.78 Å². The smallest absolute Gasteiger partial charge is 0.299 e. The first-order valence-electron chi connectivity index (χ1n) is 6.54. The molecule has 0 fully saturated rings. The van der Waals surface area contributed by atoms with Gasteiger partial charge in [0.2, 0.25) is 0 Å². The van der Waals surface area contributed by atoms with Crippen molar-refractivity contribution in [3.05, 3.63) is 35.9 Å². The van der Waals surface area contributed by atoms with Gasteiger partial charge in [-0.1, -0.05) is 37.3 Å². The first kappa shape index (κ1) is 16.0. The second kappa shape index (κ2) is 8.22. The van der Waals surface area contributed by atoms with Crippen molar-refractivity contribution < 1.29 is 24.2 Å². The molecule has 0 spiro atoms. The molecule has 1 atom stereocenters. The highest BCUT2D eigenvalue weighted by atomic mass is 17.2. The molecular formula is C15H18O5. The summed E-state index contributed by atoms with van der Waals surface area (Å²) in [5.41, 5.74) is 0.839. The van der Waals surface area contributed by atoms with E-state index in [1.54, 1.807) is 6.92 Å². The second-order valence-corrected chi connectivity index (χ2v) is 4.22. The lowest BCUT2D eigenvalue weighted by Crippen LogP contribution is -2.23. The molecule has 1 aromatic carbocycles. The van der Waals surface area contributed by atoms with E-state index in [2.05, 4.69) is 9.78 Å². The summed E-state index contributed by atoms with van der Waals surface area (Å²) in [5.74, 6) is -2.71. The molecule has 0 N–H and O–H groups in total. The van der Waals surface area contributed by atoms with Gasteiger partial charge in [-0.15, -0.1) is 0 Å². The highest BCUT2D eigenvalue weighted by molar-refractivity contribution is 6.37.